The fraction of sp³-hybridized carbons (Fsp3) is 0. The Hall–Kier alpha value is -2.82. The zero-order valence-electron chi connectivity index (χ0n) is 9.98. The Morgan fingerprint density at radius 1 is 1.05 bits per heavy atom. The van der Waals surface area contributed by atoms with E-state index in [-0.39, 0.29) is 0 Å². The summed E-state index contributed by atoms with van der Waals surface area (Å²) in [6.45, 7) is 0. The van der Waals surface area contributed by atoms with E-state index in [2.05, 4.69) is 10.1 Å². The Labute approximate surface area is 109 Å². The molecule has 0 spiro atoms. The molecule has 0 atom stereocenters. The molecule has 94 valence electrons. The van der Waals surface area contributed by atoms with Crippen molar-refractivity contribution in [1.82, 2.24) is 10.1 Å². The number of anilines is 1. The van der Waals surface area contributed by atoms with Crippen LogP contribution in [0, 0.1) is 0 Å². The summed E-state index contributed by atoms with van der Waals surface area (Å²) in [5.41, 5.74) is 8.15. The summed E-state index contributed by atoms with van der Waals surface area (Å²) in [6.07, 6.45) is 6.77. The van der Waals surface area contributed by atoms with Crippen LogP contribution < -0.4 is 5.73 Å². The number of rotatable bonds is 3. The minimum atomic E-state index is 0.438. The van der Waals surface area contributed by atoms with Crippen molar-refractivity contribution in [2.24, 2.45) is 0 Å². The number of nitrogen functional groups attached to an aromatic ring is 1. The van der Waals surface area contributed by atoms with E-state index in [1.165, 1.54) is 0 Å². The first-order chi connectivity index (χ1) is 9.31. The maximum absolute atomic E-state index is 5.62. The van der Waals surface area contributed by atoms with Crippen LogP contribution in [0.1, 0.15) is 11.5 Å². The van der Waals surface area contributed by atoms with E-state index in [4.69, 9.17) is 14.7 Å². The molecule has 0 aliphatic rings. The molecule has 0 saturated carbocycles. The van der Waals surface area contributed by atoms with Crippen LogP contribution in [-0.4, -0.2) is 10.1 Å². The summed E-state index contributed by atoms with van der Waals surface area (Å²) in [7, 11) is 0. The van der Waals surface area contributed by atoms with Crippen molar-refractivity contribution in [2.45, 2.75) is 0 Å². The molecule has 2 N–H and O–H groups in total. The Bertz CT molecular complexity index is 682. The van der Waals surface area contributed by atoms with Crippen molar-refractivity contribution >= 4 is 17.8 Å². The van der Waals surface area contributed by atoms with Gasteiger partial charge in [-0.05, 0) is 29.8 Å². The van der Waals surface area contributed by atoms with Gasteiger partial charge in [0.15, 0.2) is 0 Å². The fourth-order valence-corrected chi connectivity index (χ4v) is 1.59. The van der Waals surface area contributed by atoms with E-state index in [1.807, 2.05) is 30.3 Å². The average Bonchev–Trinajstić information content (AvgIpc) is 3.09. The van der Waals surface area contributed by atoms with Gasteiger partial charge >= 0.3 is 0 Å². The highest BCUT2D eigenvalue weighted by Crippen LogP contribution is 2.17. The highest BCUT2D eigenvalue weighted by Gasteiger charge is 2.06. The first-order valence-electron chi connectivity index (χ1n) is 5.71. The summed E-state index contributed by atoms with van der Waals surface area (Å²) in [5, 5.41) is 3.87. The largest absolute Gasteiger partial charge is 0.472 e. The normalized spacial score (nSPS) is 11.2. The van der Waals surface area contributed by atoms with Crippen LogP contribution in [0.4, 0.5) is 5.69 Å². The number of hydrogen-bond donors (Lipinski definition) is 1. The standard InChI is InChI=1S/C14H11N3O2/c15-12-4-1-10(2-5-12)3-6-13-16-14(17-19-13)11-7-8-18-9-11/h1-9H,15H2/b6-3+. The lowest BCUT2D eigenvalue weighted by molar-refractivity contribution is 0.411. The minimum absolute atomic E-state index is 0.438. The number of nitrogens with two attached hydrogens (primary N) is 1. The molecule has 0 fully saturated rings. The molecule has 19 heavy (non-hydrogen) atoms. The van der Waals surface area contributed by atoms with Gasteiger partial charge in [-0.15, -0.1) is 0 Å². The first-order valence-corrected chi connectivity index (χ1v) is 5.71. The fourth-order valence-electron chi connectivity index (χ4n) is 1.59. The molecule has 0 aliphatic heterocycles. The van der Waals surface area contributed by atoms with E-state index in [1.54, 1.807) is 24.7 Å². The second-order valence-electron chi connectivity index (χ2n) is 3.97. The predicted octanol–water partition coefficient (Wildman–Crippen LogP) is 3.08. The monoisotopic (exact) mass is 253 g/mol. The molecule has 0 saturated heterocycles. The molecule has 0 aliphatic carbocycles. The zero-order valence-corrected chi connectivity index (χ0v) is 9.98. The van der Waals surface area contributed by atoms with E-state index < -0.39 is 0 Å². The van der Waals surface area contributed by atoms with Crippen LogP contribution in [0.15, 0.2) is 51.8 Å². The third kappa shape index (κ3) is 2.55. The summed E-state index contributed by atoms with van der Waals surface area (Å²) < 4.78 is 10.1. The zero-order chi connectivity index (χ0) is 13.1. The van der Waals surface area contributed by atoms with Gasteiger partial charge in [-0.25, -0.2) is 0 Å². The number of benzene rings is 1. The summed E-state index contributed by atoms with van der Waals surface area (Å²) >= 11 is 0. The van der Waals surface area contributed by atoms with Crippen molar-refractivity contribution in [3.05, 3.63) is 54.3 Å². The Morgan fingerprint density at radius 2 is 1.89 bits per heavy atom. The first kappa shape index (κ1) is 11.3. The minimum Gasteiger partial charge on any atom is -0.472 e. The molecular formula is C14H11N3O2. The van der Waals surface area contributed by atoms with Gasteiger partial charge in [0, 0.05) is 11.8 Å². The third-order valence-electron chi connectivity index (χ3n) is 2.58. The van der Waals surface area contributed by atoms with Gasteiger partial charge in [-0.3, -0.25) is 0 Å². The molecule has 2 aromatic heterocycles. The lowest BCUT2D eigenvalue weighted by atomic mass is 10.2. The number of aromatic nitrogens is 2. The lowest BCUT2D eigenvalue weighted by Gasteiger charge is -1.93. The quantitative estimate of drug-likeness (QED) is 0.725. The van der Waals surface area contributed by atoms with Gasteiger partial charge in [0.2, 0.25) is 5.82 Å². The second-order valence-corrected chi connectivity index (χ2v) is 3.97. The van der Waals surface area contributed by atoms with Crippen molar-refractivity contribution in [3.8, 4) is 11.4 Å². The topological polar surface area (TPSA) is 78.1 Å². The van der Waals surface area contributed by atoms with Gasteiger partial charge in [0.1, 0.15) is 6.26 Å². The second kappa shape index (κ2) is 4.81. The van der Waals surface area contributed by atoms with Crippen LogP contribution >= 0.6 is 0 Å². The molecule has 5 heteroatoms. The van der Waals surface area contributed by atoms with Gasteiger partial charge in [0.05, 0.1) is 11.8 Å². The van der Waals surface area contributed by atoms with E-state index >= 15 is 0 Å². The molecule has 1 aromatic carbocycles. The van der Waals surface area contributed by atoms with Crippen LogP contribution in [0.25, 0.3) is 23.5 Å². The lowest BCUT2D eigenvalue weighted by Crippen LogP contribution is -1.82. The summed E-state index contributed by atoms with van der Waals surface area (Å²) in [5.74, 6) is 0.943. The Kier molecular flexibility index (Phi) is 2.86. The summed E-state index contributed by atoms with van der Waals surface area (Å²) in [6, 6.07) is 9.28. The predicted molar refractivity (Wildman–Crippen MR) is 71.8 cm³/mol. The molecule has 5 nitrogen and oxygen atoms in total. The van der Waals surface area contributed by atoms with Crippen LogP contribution in [-0.2, 0) is 0 Å². The number of furan rings is 1. The van der Waals surface area contributed by atoms with Crippen LogP contribution in [0.5, 0.6) is 0 Å². The van der Waals surface area contributed by atoms with Crippen molar-refractivity contribution in [2.75, 3.05) is 5.73 Å². The molecule has 3 rings (SSSR count). The maximum Gasteiger partial charge on any atom is 0.250 e. The molecule has 3 aromatic rings. The van der Waals surface area contributed by atoms with E-state index in [0.29, 0.717) is 11.7 Å². The molecule has 0 radical (unpaired) electrons. The van der Waals surface area contributed by atoms with E-state index in [0.717, 1.165) is 16.8 Å². The molecule has 2 heterocycles. The highest BCUT2D eigenvalue weighted by molar-refractivity contribution is 5.67. The molecule has 0 bridgehead atoms. The number of nitrogens with zero attached hydrogens (tertiary/aromatic N) is 2. The Balaban J connectivity index is 1.78. The van der Waals surface area contributed by atoms with Crippen molar-refractivity contribution < 1.29 is 8.94 Å². The third-order valence-corrected chi connectivity index (χ3v) is 2.58. The van der Waals surface area contributed by atoms with Crippen molar-refractivity contribution in [1.29, 1.82) is 0 Å². The molecule has 0 amide bonds. The van der Waals surface area contributed by atoms with Gasteiger partial charge in [-0.2, -0.15) is 4.98 Å². The van der Waals surface area contributed by atoms with E-state index in [9.17, 15) is 0 Å². The highest BCUT2D eigenvalue weighted by atomic mass is 16.5. The van der Waals surface area contributed by atoms with Gasteiger partial charge in [-0.1, -0.05) is 17.3 Å². The SMILES string of the molecule is Nc1ccc(/C=C/c2nc(-c3ccoc3)no2)cc1. The molecule has 0 unspecified atom stereocenters. The Morgan fingerprint density at radius 3 is 2.63 bits per heavy atom. The average molecular weight is 253 g/mol. The smallest absolute Gasteiger partial charge is 0.250 e. The van der Waals surface area contributed by atoms with Crippen LogP contribution in [0.2, 0.25) is 0 Å². The van der Waals surface area contributed by atoms with Gasteiger partial charge < -0.3 is 14.7 Å². The summed E-state index contributed by atoms with van der Waals surface area (Å²) in [4.78, 5) is 4.24. The maximum atomic E-state index is 5.62. The van der Waals surface area contributed by atoms with Crippen LogP contribution in [0.3, 0.4) is 0 Å². The number of hydrogen-bond acceptors (Lipinski definition) is 5. The van der Waals surface area contributed by atoms with Crippen molar-refractivity contribution in [3.63, 3.8) is 0 Å². The van der Waals surface area contributed by atoms with Gasteiger partial charge in [0.25, 0.3) is 5.89 Å². The molecular weight excluding hydrogens is 242 g/mol.